The maximum absolute atomic E-state index is 6.23. The van der Waals surface area contributed by atoms with Gasteiger partial charge in [-0.1, -0.05) is 34.6 Å². The highest BCUT2D eigenvalue weighted by atomic mass is 16.5. The Morgan fingerprint density at radius 3 is 2.67 bits per heavy atom. The minimum absolute atomic E-state index is 0.126. The summed E-state index contributed by atoms with van der Waals surface area (Å²) in [4.78, 5) is 11.9. The molecule has 2 aromatic heterocycles. The maximum atomic E-state index is 6.23. The van der Waals surface area contributed by atoms with Crippen LogP contribution in [0.4, 0.5) is 5.82 Å². The number of piperidine rings is 1. The second-order valence-electron chi connectivity index (χ2n) is 11.0. The van der Waals surface area contributed by atoms with Gasteiger partial charge in [0.25, 0.3) is 0 Å². The molecule has 0 saturated carbocycles. The zero-order chi connectivity index (χ0) is 23.4. The largest absolute Gasteiger partial charge is 0.474 e. The number of nitrogens with zero attached hydrogens (tertiary/aromatic N) is 3. The van der Waals surface area contributed by atoms with Crippen LogP contribution in [0.15, 0.2) is 30.6 Å². The van der Waals surface area contributed by atoms with E-state index in [4.69, 9.17) is 9.72 Å². The van der Waals surface area contributed by atoms with Gasteiger partial charge in [-0.05, 0) is 72.5 Å². The van der Waals surface area contributed by atoms with Gasteiger partial charge in [-0.3, -0.25) is 9.88 Å². The van der Waals surface area contributed by atoms with Gasteiger partial charge in [-0.25, -0.2) is 0 Å². The Labute approximate surface area is 199 Å². The summed E-state index contributed by atoms with van der Waals surface area (Å²) in [6, 6.07) is 6.79. The topological polar surface area (TPSA) is 62.3 Å². The van der Waals surface area contributed by atoms with Crippen molar-refractivity contribution in [3.63, 3.8) is 0 Å². The van der Waals surface area contributed by atoms with Crippen LogP contribution in [-0.4, -0.2) is 53.2 Å². The van der Waals surface area contributed by atoms with Gasteiger partial charge < -0.3 is 15.4 Å². The smallest absolute Gasteiger partial charge is 0.215 e. The zero-order valence-electron chi connectivity index (χ0n) is 21.0. The number of hydrogen-bond acceptors (Lipinski definition) is 6. The molecule has 33 heavy (non-hydrogen) atoms. The number of nitrogens with one attached hydrogen (secondary N) is 2. The summed E-state index contributed by atoms with van der Waals surface area (Å²) in [7, 11) is 0. The van der Waals surface area contributed by atoms with Crippen LogP contribution in [-0.2, 0) is 12.0 Å². The van der Waals surface area contributed by atoms with Crippen molar-refractivity contribution in [1.82, 2.24) is 20.2 Å². The van der Waals surface area contributed by atoms with Crippen LogP contribution in [0.1, 0.15) is 76.5 Å². The maximum Gasteiger partial charge on any atom is 0.215 e. The molecule has 1 unspecified atom stereocenters. The van der Waals surface area contributed by atoms with Crippen molar-refractivity contribution in [3.05, 3.63) is 47.3 Å². The lowest BCUT2D eigenvalue weighted by atomic mass is 9.84. The molecule has 1 atom stereocenters. The molecule has 4 rings (SSSR count). The second kappa shape index (κ2) is 10.4. The summed E-state index contributed by atoms with van der Waals surface area (Å²) in [5, 5.41) is 7.16. The molecule has 2 N–H and O–H groups in total. The van der Waals surface area contributed by atoms with Gasteiger partial charge in [0.05, 0.1) is 0 Å². The molecule has 0 bridgehead atoms. The van der Waals surface area contributed by atoms with Crippen LogP contribution in [0.2, 0.25) is 0 Å². The predicted molar refractivity (Wildman–Crippen MR) is 135 cm³/mol. The first kappa shape index (κ1) is 24.0. The van der Waals surface area contributed by atoms with E-state index in [-0.39, 0.29) is 11.5 Å². The third-order valence-electron chi connectivity index (χ3n) is 6.82. The van der Waals surface area contributed by atoms with Gasteiger partial charge >= 0.3 is 0 Å². The van der Waals surface area contributed by atoms with Crippen LogP contribution in [0.5, 0.6) is 5.88 Å². The van der Waals surface area contributed by atoms with Crippen molar-refractivity contribution in [2.75, 3.05) is 31.5 Å². The first-order chi connectivity index (χ1) is 15.8. The predicted octanol–water partition coefficient (Wildman–Crippen LogP) is 4.71. The van der Waals surface area contributed by atoms with E-state index >= 15 is 0 Å². The van der Waals surface area contributed by atoms with Crippen molar-refractivity contribution < 1.29 is 4.74 Å². The first-order valence-corrected chi connectivity index (χ1v) is 12.6. The molecule has 2 aliphatic heterocycles. The molecular weight excluding hydrogens is 410 g/mol. The average molecular weight is 452 g/mol. The number of ether oxygens (including phenoxy) is 1. The lowest BCUT2D eigenvalue weighted by Crippen LogP contribution is -2.34. The minimum Gasteiger partial charge on any atom is -0.474 e. The van der Waals surface area contributed by atoms with Crippen LogP contribution in [0.25, 0.3) is 0 Å². The van der Waals surface area contributed by atoms with E-state index in [1.54, 1.807) is 0 Å². The van der Waals surface area contributed by atoms with Gasteiger partial charge in [0.1, 0.15) is 11.9 Å². The molecule has 0 aromatic carbocycles. The first-order valence-electron chi connectivity index (χ1n) is 12.6. The lowest BCUT2D eigenvalue weighted by Gasteiger charge is -2.25. The Bertz CT molecular complexity index is 917. The monoisotopic (exact) mass is 451 g/mol. The lowest BCUT2D eigenvalue weighted by molar-refractivity contribution is 0.156. The number of aromatic nitrogens is 2. The number of anilines is 1. The van der Waals surface area contributed by atoms with Crippen LogP contribution in [0.3, 0.4) is 0 Å². The molecule has 0 amide bonds. The fraction of sp³-hybridized carbons (Fsp3) is 0.630. The summed E-state index contributed by atoms with van der Waals surface area (Å²) in [6.07, 6.45) is 7.41. The van der Waals surface area contributed by atoms with E-state index in [0.29, 0.717) is 12.0 Å². The van der Waals surface area contributed by atoms with Crippen molar-refractivity contribution >= 4 is 5.82 Å². The van der Waals surface area contributed by atoms with Crippen LogP contribution in [0, 0.1) is 0 Å². The van der Waals surface area contributed by atoms with Gasteiger partial charge in [0.15, 0.2) is 0 Å². The number of rotatable bonds is 7. The van der Waals surface area contributed by atoms with Gasteiger partial charge in [-0.15, -0.1) is 0 Å². The summed E-state index contributed by atoms with van der Waals surface area (Å²) in [5.74, 6) is 2.14. The summed E-state index contributed by atoms with van der Waals surface area (Å²) < 4.78 is 6.23. The molecule has 2 saturated heterocycles. The van der Waals surface area contributed by atoms with Gasteiger partial charge in [0.2, 0.25) is 5.88 Å². The molecule has 4 heterocycles. The molecule has 0 spiro atoms. The Morgan fingerprint density at radius 1 is 1.15 bits per heavy atom. The summed E-state index contributed by atoms with van der Waals surface area (Å²) in [6.45, 7) is 16.4. The highest BCUT2D eigenvalue weighted by molar-refractivity contribution is 5.49. The highest BCUT2D eigenvalue weighted by Gasteiger charge is 2.26. The fourth-order valence-electron chi connectivity index (χ4n) is 5.00. The Kier molecular flexibility index (Phi) is 7.55. The molecule has 2 aromatic rings. The van der Waals surface area contributed by atoms with Crippen molar-refractivity contribution in [3.8, 4) is 5.88 Å². The molecular formula is C27H41N5O. The molecule has 180 valence electrons. The second-order valence-corrected chi connectivity index (χ2v) is 11.0. The zero-order valence-corrected chi connectivity index (χ0v) is 21.0. The summed E-state index contributed by atoms with van der Waals surface area (Å²) in [5.41, 5.74) is 4.11. The molecule has 6 nitrogen and oxygen atoms in total. The van der Waals surface area contributed by atoms with E-state index in [2.05, 4.69) is 67.3 Å². The van der Waals surface area contributed by atoms with E-state index in [9.17, 15) is 0 Å². The molecule has 0 aliphatic carbocycles. The minimum atomic E-state index is 0.126. The molecule has 2 fully saturated rings. The SMILES string of the molecule is CC(C)c1ccc(OC2CCNCC2)nc1NC1CCN(Cc2cnccc2C(C)(C)C)C1. The van der Waals surface area contributed by atoms with Gasteiger partial charge in [0, 0.05) is 44.1 Å². The molecule has 0 radical (unpaired) electrons. The van der Waals surface area contributed by atoms with Gasteiger partial charge in [-0.2, -0.15) is 4.98 Å². The van der Waals surface area contributed by atoms with Crippen molar-refractivity contribution in [2.24, 2.45) is 0 Å². The molecule has 6 heteroatoms. The van der Waals surface area contributed by atoms with E-state index < -0.39 is 0 Å². The van der Waals surface area contributed by atoms with E-state index in [1.165, 1.54) is 16.7 Å². The van der Waals surface area contributed by atoms with Crippen molar-refractivity contribution in [2.45, 2.75) is 83.9 Å². The Morgan fingerprint density at radius 2 is 1.94 bits per heavy atom. The number of pyridine rings is 2. The standard InChI is InChI=1S/C27H41N5O/c1-19(2)23-6-7-25(33-22-8-12-28-13-9-22)31-26(23)30-21-11-15-32(18-21)17-20-16-29-14-10-24(20)27(3,4)5/h6-7,10,14,16,19,21-22,28H,8-9,11-13,15,17-18H2,1-5H3,(H,30,31). The van der Waals surface area contributed by atoms with Crippen LogP contribution < -0.4 is 15.4 Å². The number of likely N-dealkylation sites (tertiary alicyclic amines) is 1. The third kappa shape index (κ3) is 6.24. The van der Waals surface area contributed by atoms with E-state index in [1.807, 2.05) is 18.5 Å². The normalized spacial score (nSPS) is 20.4. The van der Waals surface area contributed by atoms with Crippen molar-refractivity contribution in [1.29, 1.82) is 0 Å². The summed E-state index contributed by atoms with van der Waals surface area (Å²) >= 11 is 0. The van der Waals surface area contributed by atoms with E-state index in [0.717, 1.165) is 63.7 Å². The average Bonchev–Trinajstić information content (AvgIpc) is 3.21. The molecule has 2 aliphatic rings. The Balaban J connectivity index is 1.42. The fourth-order valence-corrected chi connectivity index (χ4v) is 5.00. The van der Waals surface area contributed by atoms with Crippen LogP contribution >= 0.6 is 0 Å². The Hall–Kier alpha value is -2.18. The quantitative estimate of drug-likeness (QED) is 0.635. The third-order valence-corrected chi connectivity index (χ3v) is 6.82. The highest BCUT2D eigenvalue weighted by Crippen LogP contribution is 2.30. The number of hydrogen-bond donors (Lipinski definition) is 2.